The van der Waals surface area contributed by atoms with E-state index in [2.05, 4.69) is 5.32 Å². The van der Waals surface area contributed by atoms with Gasteiger partial charge in [0.25, 0.3) is 5.91 Å². The van der Waals surface area contributed by atoms with Gasteiger partial charge in [-0.3, -0.25) is 4.79 Å². The molecule has 5 nitrogen and oxygen atoms in total. The van der Waals surface area contributed by atoms with Crippen molar-refractivity contribution in [3.63, 3.8) is 0 Å². The van der Waals surface area contributed by atoms with Gasteiger partial charge in [-0.05, 0) is 30.7 Å². The van der Waals surface area contributed by atoms with Crippen LogP contribution in [-0.2, 0) is 0 Å². The van der Waals surface area contributed by atoms with Gasteiger partial charge in [-0.1, -0.05) is 30.3 Å². The second-order valence-corrected chi connectivity index (χ2v) is 6.68. The Balaban J connectivity index is 1.88. The Kier molecular flexibility index (Phi) is 5.98. The Morgan fingerprint density at radius 1 is 0.963 bits per heavy atom. The molecule has 27 heavy (non-hydrogen) atoms. The molecule has 0 saturated carbocycles. The SMILES string of the molecule is CCOc1cc(-c2ccccc2)sc1C(=O)Nc1ccc(OC)c(OC)c1. The van der Waals surface area contributed by atoms with Gasteiger partial charge in [0.1, 0.15) is 10.6 Å². The zero-order valence-electron chi connectivity index (χ0n) is 15.4. The molecule has 140 valence electrons. The van der Waals surface area contributed by atoms with E-state index in [4.69, 9.17) is 14.2 Å². The molecule has 0 unspecified atom stereocenters. The largest absolute Gasteiger partial charge is 0.493 e. The van der Waals surface area contributed by atoms with Crippen LogP contribution in [0.5, 0.6) is 17.2 Å². The van der Waals surface area contributed by atoms with Crippen LogP contribution in [0.3, 0.4) is 0 Å². The van der Waals surface area contributed by atoms with Crippen LogP contribution in [0.15, 0.2) is 54.6 Å². The summed E-state index contributed by atoms with van der Waals surface area (Å²) in [5, 5.41) is 2.90. The third-order valence-electron chi connectivity index (χ3n) is 3.90. The zero-order chi connectivity index (χ0) is 19.2. The lowest BCUT2D eigenvalue weighted by Crippen LogP contribution is -2.11. The second-order valence-electron chi connectivity index (χ2n) is 5.63. The Morgan fingerprint density at radius 3 is 2.37 bits per heavy atom. The maximum Gasteiger partial charge on any atom is 0.269 e. The second kappa shape index (κ2) is 8.60. The van der Waals surface area contributed by atoms with Crippen LogP contribution >= 0.6 is 11.3 Å². The van der Waals surface area contributed by atoms with Crippen LogP contribution in [0, 0.1) is 0 Å². The number of benzene rings is 2. The van der Waals surface area contributed by atoms with Crippen LogP contribution in [-0.4, -0.2) is 26.7 Å². The summed E-state index contributed by atoms with van der Waals surface area (Å²) in [5.74, 6) is 1.52. The number of methoxy groups -OCH3 is 2. The normalized spacial score (nSPS) is 10.3. The molecule has 1 heterocycles. The molecule has 0 fully saturated rings. The highest BCUT2D eigenvalue weighted by Gasteiger charge is 2.19. The van der Waals surface area contributed by atoms with Crippen molar-refractivity contribution in [2.45, 2.75) is 6.92 Å². The first-order valence-corrected chi connectivity index (χ1v) is 9.33. The fraction of sp³-hybridized carbons (Fsp3) is 0.190. The number of carbonyl (C=O) groups is 1. The highest BCUT2D eigenvalue weighted by atomic mass is 32.1. The summed E-state index contributed by atoms with van der Waals surface area (Å²) in [7, 11) is 3.13. The summed E-state index contributed by atoms with van der Waals surface area (Å²) in [6.45, 7) is 2.39. The Bertz CT molecular complexity index is 921. The van der Waals surface area contributed by atoms with Crippen molar-refractivity contribution in [2.75, 3.05) is 26.1 Å². The van der Waals surface area contributed by atoms with Gasteiger partial charge < -0.3 is 19.5 Å². The van der Waals surface area contributed by atoms with E-state index in [1.165, 1.54) is 11.3 Å². The van der Waals surface area contributed by atoms with E-state index >= 15 is 0 Å². The smallest absolute Gasteiger partial charge is 0.269 e. The van der Waals surface area contributed by atoms with Crippen molar-refractivity contribution in [2.24, 2.45) is 0 Å². The van der Waals surface area contributed by atoms with Crippen molar-refractivity contribution in [3.8, 4) is 27.7 Å². The molecule has 0 radical (unpaired) electrons. The molecule has 2 aromatic carbocycles. The highest BCUT2D eigenvalue weighted by Crippen LogP contribution is 2.37. The number of carbonyl (C=O) groups excluding carboxylic acids is 1. The predicted octanol–water partition coefficient (Wildman–Crippen LogP) is 5.08. The van der Waals surface area contributed by atoms with E-state index in [9.17, 15) is 4.79 Å². The number of ether oxygens (including phenoxy) is 3. The minimum absolute atomic E-state index is 0.224. The first-order chi connectivity index (χ1) is 13.2. The maximum atomic E-state index is 12.9. The molecular formula is C21H21NO4S. The van der Waals surface area contributed by atoms with Crippen molar-refractivity contribution in [3.05, 3.63) is 59.5 Å². The van der Waals surface area contributed by atoms with Crippen molar-refractivity contribution >= 4 is 22.9 Å². The van der Waals surface area contributed by atoms with E-state index in [0.717, 1.165) is 10.4 Å². The van der Waals surface area contributed by atoms with Crippen molar-refractivity contribution in [1.82, 2.24) is 0 Å². The molecule has 1 amide bonds. The lowest BCUT2D eigenvalue weighted by atomic mass is 10.2. The number of nitrogens with one attached hydrogen (secondary N) is 1. The summed E-state index contributed by atoms with van der Waals surface area (Å²) >= 11 is 1.40. The van der Waals surface area contributed by atoms with Gasteiger partial charge in [-0.25, -0.2) is 0 Å². The predicted molar refractivity (Wildman–Crippen MR) is 108 cm³/mol. The van der Waals surface area contributed by atoms with Crippen LogP contribution in [0.25, 0.3) is 10.4 Å². The van der Waals surface area contributed by atoms with Crippen LogP contribution in [0.2, 0.25) is 0 Å². The van der Waals surface area contributed by atoms with E-state index in [0.29, 0.717) is 34.4 Å². The average Bonchev–Trinajstić information content (AvgIpc) is 3.13. The average molecular weight is 383 g/mol. The first-order valence-electron chi connectivity index (χ1n) is 8.51. The van der Waals surface area contributed by atoms with E-state index < -0.39 is 0 Å². The minimum Gasteiger partial charge on any atom is -0.493 e. The van der Waals surface area contributed by atoms with E-state index in [1.54, 1.807) is 32.4 Å². The zero-order valence-corrected chi connectivity index (χ0v) is 16.3. The summed E-state index contributed by atoms with van der Waals surface area (Å²) in [6.07, 6.45) is 0. The van der Waals surface area contributed by atoms with Crippen molar-refractivity contribution in [1.29, 1.82) is 0 Å². The summed E-state index contributed by atoms with van der Waals surface area (Å²) in [4.78, 5) is 14.4. The molecule has 0 saturated heterocycles. The molecule has 0 spiro atoms. The molecular weight excluding hydrogens is 362 g/mol. The first kappa shape index (κ1) is 18.8. The molecule has 6 heteroatoms. The third-order valence-corrected chi connectivity index (χ3v) is 5.07. The quantitative estimate of drug-likeness (QED) is 0.618. The van der Waals surface area contributed by atoms with Gasteiger partial charge in [0.05, 0.1) is 20.8 Å². The third kappa shape index (κ3) is 4.23. The molecule has 0 bridgehead atoms. The van der Waals surface area contributed by atoms with Gasteiger partial charge in [-0.15, -0.1) is 11.3 Å². The standard InChI is InChI=1S/C21H21NO4S/c1-4-26-18-13-19(14-8-6-5-7-9-14)27-20(18)21(23)22-15-10-11-16(24-2)17(12-15)25-3/h5-13H,4H2,1-3H3,(H,22,23). The molecule has 0 aliphatic rings. The van der Waals surface area contributed by atoms with Gasteiger partial charge in [-0.2, -0.15) is 0 Å². The van der Waals surface area contributed by atoms with Crippen molar-refractivity contribution < 1.29 is 19.0 Å². The fourth-order valence-electron chi connectivity index (χ4n) is 2.64. The number of rotatable bonds is 7. The monoisotopic (exact) mass is 383 g/mol. The van der Waals surface area contributed by atoms with Gasteiger partial charge >= 0.3 is 0 Å². The maximum absolute atomic E-state index is 12.9. The van der Waals surface area contributed by atoms with E-state index in [-0.39, 0.29) is 5.91 Å². The van der Waals surface area contributed by atoms with Crippen LogP contribution in [0.4, 0.5) is 5.69 Å². The lowest BCUT2D eigenvalue weighted by Gasteiger charge is -2.10. The van der Waals surface area contributed by atoms with Crippen LogP contribution < -0.4 is 19.5 Å². The van der Waals surface area contributed by atoms with Gasteiger partial charge in [0.2, 0.25) is 0 Å². The minimum atomic E-state index is -0.224. The molecule has 0 aliphatic carbocycles. The fourth-order valence-corrected chi connectivity index (χ4v) is 3.64. The molecule has 0 atom stereocenters. The number of hydrogen-bond donors (Lipinski definition) is 1. The van der Waals surface area contributed by atoms with Crippen LogP contribution in [0.1, 0.15) is 16.6 Å². The highest BCUT2D eigenvalue weighted by molar-refractivity contribution is 7.17. The summed E-state index contributed by atoms with van der Waals surface area (Å²) < 4.78 is 16.2. The van der Waals surface area contributed by atoms with Gasteiger partial charge in [0, 0.05) is 16.6 Å². The molecule has 3 aromatic rings. The topological polar surface area (TPSA) is 56.8 Å². The Labute approximate surface area is 162 Å². The molecule has 3 rings (SSSR count). The number of amides is 1. The molecule has 0 aliphatic heterocycles. The Hall–Kier alpha value is -2.99. The Morgan fingerprint density at radius 2 is 1.70 bits per heavy atom. The molecule has 1 N–H and O–H groups in total. The lowest BCUT2D eigenvalue weighted by molar-refractivity contribution is 0.102. The van der Waals surface area contributed by atoms with E-state index in [1.807, 2.05) is 43.3 Å². The number of anilines is 1. The number of hydrogen-bond acceptors (Lipinski definition) is 5. The van der Waals surface area contributed by atoms with Gasteiger partial charge in [0.15, 0.2) is 11.5 Å². The molecule has 1 aromatic heterocycles. The summed E-state index contributed by atoms with van der Waals surface area (Å²) in [5.41, 5.74) is 1.67. The summed E-state index contributed by atoms with van der Waals surface area (Å²) in [6, 6.07) is 17.1. The number of thiophene rings is 1.